The van der Waals surface area contributed by atoms with E-state index in [-0.39, 0.29) is 18.8 Å². The molecule has 0 spiro atoms. The molecule has 0 radical (unpaired) electrons. The molecule has 1 atom stereocenters. The van der Waals surface area contributed by atoms with Crippen LogP contribution < -0.4 is 10.2 Å². The van der Waals surface area contributed by atoms with Gasteiger partial charge in [0, 0.05) is 5.56 Å². The largest absolute Gasteiger partial charge is 0.471 e. The van der Waals surface area contributed by atoms with Crippen LogP contribution in [0.4, 0.5) is 4.39 Å². The fourth-order valence-corrected chi connectivity index (χ4v) is 2.14. The van der Waals surface area contributed by atoms with Gasteiger partial charge in [0.2, 0.25) is 6.10 Å². The van der Waals surface area contributed by atoms with E-state index in [1.165, 1.54) is 13.2 Å². The van der Waals surface area contributed by atoms with Crippen molar-refractivity contribution < 1.29 is 28.8 Å². The average molecular weight is 318 g/mol. The van der Waals surface area contributed by atoms with Crippen molar-refractivity contribution in [1.82, 2.24) is 0 Å². The Morgan fingerprint density at radius 1 is 1.30 bits per heavy atom. The van der Waals surface area contributed by atoms with Crippen molar-refractivity contribution in [3.05, 3.63) is 59.4 Å². The fourth-order valence-electron chi connectivity index (χ4n) is 2.14. The van der Waals surface area contributed by atoms with Gasteiger partial charge in [0.1, 0.15) is 0 Å². The molecule has 7 heteroatoms. The summed E-state index contributed by atoms with van der Waals surface area (Å²) in [6.45, 7) is -0.411. The zero-order valence-electron chi connectivity index (χ0n) is 12.5. The molecule has 2 aromatic rings. The highest BCUT2D eigenvalue weighted by Crippen LogP contribution is 2.25. The van der Waals surface area contributed by atoms with Crippen LogP contribution in [0.3, 0.4) is 0 Å². The summed E-state index contributed by atoms with van der Waals surface area (Å²) < 4.78 is 24.3. The maximum Gasteiger partial charge on any atom is 0.351 e. The summed E-state index contributed by atoms with van der Waals surface area (Å²) in [5.41, 5.74) is 1.09. The highest BCUT2D eigenvalue weighted by molar-refractivity contribution is 6.46. The number of methoxy groups -OCH3 is 1. The lowest BCUT2D eigenvalue weighted by molar-refractivity contribution is -0.149. The molecule has 0 heterocycles. The molecule has 0 fully saturated rings. The summed E-state index contributed by atoms with van der Waals surface area (Å²) in [6, 6.07) is 10.9. The molecule has 0 aliphatic rings. The average Bonchev–Trinajstić information content (AvgIpc) is 2.60. The number of benzene rings is 2. The second-order valence-corrected chi connectivity index (χ2v) is 4.80. The van der Waals surface area contributed by atoms with Crippen LogP contribution in [0.25, 0.3) is 0 Å². The summed E-state index contributed by atoms with van der Waals surface area (Å²) in [5, 5.41) is 18.4. The Kier molecular flexibility index (Phi) is 5.73. The van der Waals surface area contributed by atoms with Gasteiger partial charge in [-0.3, -0.25) is 0 Å². The maximum atomic E-state index is 14.1. The van der Waals surface area contributed by atoms with Crippen molar-refractivity contribution in [2.45, 2.75) is 12.7 Å². The quantitative estimate of drug-likeness (QED) is 0.602. The number of carbonyl (C=O) groups excluding carboxylic acids is 1. The number of esters is 1. The second kappa shape index (κ2) is 7.76. The normalized spacial score (nSPS) is 11.7. The number of aliphatic hydroxyl groups excluding tert-OH is 1. The standard InChI is InChI=1S/C16H16BFO5/c1-22-16(20)15(10-5-3-2-4-6-10)23-14-8-12(17-21)11(9-19)7-13(14)18/h2-8,15,17,19,21H,9H2,1H3. The lowest BCUT2D eigenvalue weighted by Gasteiger charge is -2.19. The molecular formula is C16H16BFO5. The van der Waals surface area contributed by atoms with E-state index in [2.05, 4.69) is 0 Å². The van der Waals surface area contributed by atoms with Gasteiger partial charge in [0.25, 0.3) is 0 Å². The minimum absolute atomic E-state index is 0.203. The fraction of sp³-hybridized carbons (Fsp3) is 0.188. The van der Waals surface area contributed by atoms with Gasteiger partial charge in [-0.05, 0) is 23.2 Å². The van der Waals surface area contributed by atoms with Gasteiger partial charge < -0.3 is 19.6 Å². The number of carbonyl (C=O) groups is 1. The predicted octanol–water partition coefficient (Wildman–Crippen LogP) is 0.580. The minimum atomic E-state index is -1.14. The number of hydrogen-bond acceptors (Lipinski definition) is 5. The number of rotatable bonds is 6. The molecule has 23 heavy (non-hydrogen) atoms. The van der Waals surface area contributed by atoms with E-state index in [0.717, 1.165) is 6.07 Å². The highest BCUT2D eigenvalue weighted by atomic mass is 19.1. The van der Waals surface area contributed by atoms with Crippen LogP contribution in [-0.4, -0.2) is 30.7 Å². The molecule has 2 N–H and O–H groups in total. The Bertz CT molecular complexity index is 678. The van der Waals surface area contributed by atoms with Crippen molar-refractivity contribution in [2.24, 2.45) is 0 Å². The van der Waals surface area contributed by atoms with Crippen molar-refractivity contribution in [3.8, 4) is 5.75 Å². The number of aliphatic hydroxyl groups is 1. The molecular weight excluding hydrogens is 302 g/mol. The van der Waals surface area contributed by atoms with Crippen LogP contribution in [0.1, 0.15) is 17.2 Å². The summed E-state index contributed by atoms with van der Waals surface area (Å²) in [6.07, 6.45) is -1.14. The minimum Gasteiger partial charge on any atom is -0.471 e. The van der Waals surface area contributed by atoms with Gasteiger partial charge in [0.15, 0.2) is 11.6 Å². The molecule has 120 valence electrons. The van der Waals surface area contributed by atoms with Crippen LogP contribution >= 0.6 is 0 Å². The monoisotopic (exact) mass is 318 g/mol. The van der Waals surface area contributed by atoms with Crippen LogP contribution in [0, 0.1) is 5.82 Å². The first-order chi connectivity index (χ1) is 11.1. The summed E-state index contributed by atoms with van der Waals surface area (Å²) >= 11 is 0. The molecule has 0 aliphatic carbocycles. The second-order valence-electron chi connectivity index (χ2n) is 4.80. The van der Waals surface area contributed by atoms with Crippen molar-refractivity contribution in [3.63, 3.8) is 0 Å². The van der Waals surface area contributed by atoms with Gasteiger partial charge in [0.05, 0.1) is 13.7 Å². The van der Waals surface area contributed by atoms with E-state index < -0.39 is 24.5 Å². The molecule has 1 unspecified atom stereocenters. The van der Waals surface area contributed by atoms with E-state index in [1.807, 2.05) is 0 Å². The van der Waals surface area contributed by atoms with Gasteiger partial charge in [-0.2, -0.15) is 0 Å². The third-order valence-electron chi connectivity index (χ3n) is 3.36. The number of ether oxygens (including phenoxy) is 2. The lowest BCUT2D eigenvalue weighted by Crippen LogP contribution is -2.24. The van der Waals surface area contributed by atoms with Gasteiger partial charge in [-0.1, -0.05) is 30.3 Å². The molecule has 5 nitrogen and oxygen atoms in total. The van der Waals surface area contributed by atoms with Gasteiger partial charge in [-0.15, -0.1) is 0 Å². The van der Waals surface area contributed by atoms with E-state index in [1.54, 1.807) is 30.3 Å². The summed E-state index contributed by atoms with van der Waals surface area (Å²) in [5.74, 6) is -1.62. The predicted molar refractivity (Wildman–Crippen MR) is 83.2 cm³/mol. The first-order valence-corrected chi connectivity index (χ1v) is 6.93. The Labute approximate surface area is 133 Å². The SMILES string of the molecule is COC(=O)C(Oc1cc(BO)c(CO)cc1F)c1ccccc1. The number of halogens is 1. The topological polar surface area (TPSA) is 76.0 Å². The van der Waals surface area contributed by atoms with Crippen LogP contribution in [0.15, 0.2) is 42.5 Å². The van der Waals surface area contributed by atoms with Crippen molar-refractivity contribution in [1.29, 1.82) is 0 Å². The highest BCUT2D eigenvalue weighted by Gasteiger charge is 2.25. The summed E-state index contributed by atoms with van der Waals surface area (Å²) in [4.78, 5) is 11.9. The smallest absolute Gasteiger partial charge is 0.351 e. The third kappa shape index (κ3) is 3.88. The molecule has 0 aliphatic heterocycles. The Balaban J connectivity index is 2.39. The van der Waals surface area contributed by atoms with E-state index in [4.69, 9.17) is 14.6 Å². The molecule has 0 amide bonds. The zero-order chi connectivity index (χ0) is 16.8. The molecule has 0 bridgehead atoms. The van der Waals surface area contributed by atoms with Crippen molar-refractivity contribution in [2.75, 3.05) is 7.11 Å². The van der Waals surface area contributed by atoms with Crippen LogP contribution in [0.2, 0.25) is 0 Å². The summed E-state index contributed by atoms with van der Waals surface area (Å²) in [7, 11) is 0.826. The molecule has 0 aromatic heterocycles. The first-order valence-electron chi connectivity index (χ1n) is 6.93. The van der Waals surface area contributed by atoms with Gasteiger partial charge in [-0.25, -0.2) is 9.18 Å². The lowest BCUT2D eigenvalue weighted by atomic mass is 9.84. The first kappa shape index (κ1) is 17.0. The molecule has 2 rings (SSSR count). The van der Waals surface area contributed by atoms with Crippen LogP contribution in [0.5, 0.6) is 5.75 Å². The number of hydrogen-bond donors (Lipinski definition) is 2. The van der Waals surface area contributed by atoms with Crippen LogP contribution in [-0.2, 0) is 16.1 Å². The van der Waals surface area contributed by atoms with E-state index >= 15 is 0 Å². The molecule has 2 aromatic carbocycles. The Hall–Kier alpha value is -2.38. The maximum absolute atomic E-state index is 14.1. The Morgan fingerprint density at radius 2 is 2.00 bits per heavy atom. The van der Waals surface area contributed by atoms with Gasteiger partial charge >= 0.3 is 13.5 Å². The van der Waals surface area contributed by atoms with E-state index in [0.29, 0.717) is 11.0 Å². The van der Waals surface area contributed by atoms with E-state index in [9.17, 15) is 14.2 Å². The third-order valence-corrected chi connectivity index (χ3v) is 3.36. The molecule has 0 saturated heterocycles. The zero-order valence-corrected chi connectivity index (χ0v) is 12.5. The van der Waals surface area contributed by atoms with Crippen molar-refractivity contribution >= 4 is 18.9 Å². The molecule has 0 saturated carbocycles. The Morgan fingerprint density at radius 3 is 2.57 bits per heavy atom.